The number of pyridine rings is 1. The van der Waals surface area contributed by atoms with Crippen LogP contribution in [0.3, 0.4) is 0 Å². The summed E-state index contributed by atoms with van der Waals surface area (Å²) < 4.78 is 5.70. The van der Waals surface area contributed by atoms with Gasteiger partial charge in [0.25, 0.3) is 0 Å². The Morgan fingerprint density at radius 3 is 2.52 bits per heavy atom. The van der Waals surface area contributed by atoms with Crippen LogP contribution in [0.15, 0.2) is 48.5 Å². The van der Waals surface area contributed by atoms with Crippen LogP contribution in [0.4, 0.5) is 0 Å². The second kappa shape index (κ2) is 5.96. The molecule has 2 N–H and O–H groups in total. The van der Waals surface area contributed by atoms with Crippen molar-refractivity contribution in [2.75, 3.05) is 0 Å². The fourth-order valence-electron chi connectivity index (χ4n) is 2.38. The third-order valence-electron chi connectivity index (χ3n) is 3.42. The van der Waals surface area contributed by atoms with Crippen LogP contribution in [0.1, 0.15) is 21.9 Å². The van der Waals surface area contributed by atoms with E-state index in [0.717, 1.165) is 17.0 Å². The van der Waals surface area contributed by atoms with Crippen LogP contribution < -0.4 is 4.74 Å². The highest BCUT2D eigenvalue weighted by molar-refractivity contribution is 5.94. The summed E-state index contributed by atoms with van der Waals surface area (Å²) in [6.45, 7) is 3.73. The zero-order valence-electron chi connectivity index (χ0n) is 12.8. The third kappa shape index (κ3) is 3.23. The molecule has 0 amide bonds. The fraction of sp³-hybridized carbons (Fsp3) is 0.111. The average molecular weight is 308 g/mol. The number of aromatic carboxylic acids is 1. The van der Waals surface area contributed by atoms with Gasteiger partial charge in [0.1, 0.15) is 11.4 Å². The Morgan fingerprint density at radius 2 is 1.87 bits per heavy atom. The maximum absolute atomic E-state index is 11.3. The molecule has 0 radical (unpaired) electrons. The van der Waals surface area contributed by atoms with E-state index in [2.05, 4.69) is 9.97 Å². The molecule has 2 aromatic heterocycles. The number of ether oxygens (including phenoxy) is 1. The monoisotopic (exact) mass is 308 g/mol. The number of carboxylic acid groups (broad SMARTS) is 1. The molecule has 0 saturated carbocycles. The van der Waals surface area contributed by atoms with Crippen molar-refractivity contribution in [3.8, 4) is 22.8 Å². The minimum atomic E-state index is -0.975. The first-order chi connectivity index (χ1) is 11.0. The van der Waals surface area contributed by atoms with Gasteiger partial charge in [-0.2, -0.15) is 0 Å². The number of nitrogens with zero attached hydrogens (tertiary/aromatic N) is 1. The van der Waals surface area contributed by atoms with E-state index < -0.39 is 5.97 Å². The molecule has 2 heterocycles. The van der Waals surface area contributed by atoms with Crippen LogP contribution in [0.5, 0.6) is 11.6 Å². The summed E-state index contributed by atoms with van der Waals surface area (Å²) in [6.07, 6.45) is 0. The molecule has 0 bridgehead atoms. The number of benzene rings is 1. The summed E-state index contributed by atoms with van der Waals surface area (Å²) in [5, 5.41) is 9.25. The van der Waals surface area contributed by atoms with E-state index in [1.165, 1.54) is 0 Å². The van der Waals surface area contributed by atoms with Gasteiger partial charge in [-0.3, -0.25) is 0 Å². The number of hydrogen-bond acceptors (Lipinski definition) is 3. The number of H-pyrrole nitrogens is 1. The Balaban J connectivity index is 1.86. The normalized spacial score (nSPS) is 10.5. The molecule has 5 nitrogen and oxygen atoms in total. The quantitative estimate of drug-likeness (QED) is 0.758. The smallest absolute Gasteiger partial charge is 0.352 e. The number of carboxylic acids is 1. The number of carbonyl (C=O) groups is 1. The maximum Gasteiger partial charge on any atom is 0.352 e. The Morgan fingerprint density at radius 1 is 1.13 bits per heavy atom. The first-order valence-corrected chi connectivity index (χ1v) is 7.18. The Labute approximate surface area is 133 Å². The van der Waals surface area contributed by atoms with Gasteiger partial charge < -0.3 is 14.8 Å². The molecule has 0 spiro atoms. The van der Waals surface area contributed by atoms with E-state index in [0.29, 0.717) is 17.2 Å². The van der Waals surface area contributed by atoms with Gasteiger partial charge in [-0.15, -0.1) is 0 Å². The van der Waals surface area contributed by atoms with E-state index in [1.54, 1.807) is 18.2 Å². The van der Waals surface area contributed by atoms with E-state index in [1.807, 2.05) is 44.2 Å². The molecule has 0 atom stereocenters. The van der Waals surface area contributed by atoms with E-state index in [9.17, 15) is 9.90 Å². The molecule has 5 heteroatoms. The van der Waals surface area contributed by atoms with Crippen LogP contribution >= 0.6 is 0 Å². The standard InChI is InChI=1S/C18H16N2O3/c1-11-4-3-5-16(19-11)23-14-8-6-13(7-9-14)15-10-12(2)20-17(15)18(21)22/h3-10,20H,1-2H3,(H,21,22). The van der Waals surface area contributed by atoms with Gasteiger partial charge in [0.05, 0.1) is 0 Å². The summed E-state index contributed by atoms with van der Waals surface area (Å²) >= 11 is 0. The zero-order valence-corrected chi connectivity index (χ0v) is 12.8. The Kier molecular flexibility index (Phi) is 3.85. The van der Waals surface area contributed by atoms with E-state index in [4.69, 9.17) is 4.74 Å². The van der Waals surface area contributed by atoms with Crippen molar-refractivity contribution < 1.29 is 14.6 Å². The van der Waals surface area contributed by atoms with Crippen molar-refractivity contribution in [3.05, 3.63) is 65.6 Å². The summed E-state index contributed by atoms with van der Waals surface area (Å²) in [4.78, 5) is 18.4. The van der Waals surface area contributed by atoms with Gasteiger partial charge in [-0.25, -0.2) is 9.78 Å². The van der Waals surface area contributed by atoms with Crippen molar-refractivity contribution in [1.82, 2.24) is 9.97 Å². The second-order valence-electron chi connectivity index (χ2n) is 5.29. The first-order valence-electron chi connectivity index (χ1n) is 7.18. The molecule has 0 saturated heterocycles. The molecule has 1 aromatic carbocycles. The van der Waals surface area contributed by atoms with Crippen LogP contribution in [0, 0.1) is 13.8 Å². The van der Waals surface area contributed by atoms with Gasteiger partial charge in [0.2, 0.25) is 5.88 Å². The van der Waals surface area contributed by atoms with Gasteiger partial charge >= 0.3 is 5.97 Å². The number of rotatable bonds is 4. The van der Waals surface area contributed by atoms with Crippen LogP contribution in [-0.2, 0) is 0 Å². The minimum Gasteiger partial charge on any atom is -0.477 e. The van der Waals surface area contributed by atoms with E-state index in [-0.39, 0.29) is 5.69 Å². The molecule has 0 aliphatic carbocycles. The first kappa shape index (κ1) is 14.8. The second-order valence-corrected chi connectivity index (χ2v) is 5.29. The fourth-order valence-corrected chi connectivity index (χ4v) is 2.38. The minimum absolute atomic E-state index is 0.191. The predicted molar refractivity (Wildman–Crippen MR) is 87.0 cm³/mol. The molecular weight excluding hydrogens is 292 g/mol. The van der Waals surface area contributed by atoms with Crippen LogP contribution in [0.2, 0.25) is 0 Å². The lowest BCUT2D eigenvalue weighted by molar-refractivity contribution is 0.0692. The topological polar surface area (TPSA) is 75.2 Å². The van der Waals surface area contributed by atoms with Crippen molar-refractivity contribution in [2.45, 2.75) is 13.8 Å². The van der Waals surface area contributed by atoms with Gasteiger partial charge in [-0.05, 0) is 43.7 Å². The molecule has 0 aliphatic rings. The van der Waals surface area contributed by atoms with Gasteiger partial charge in [0, 0.05) is 23.0 Å². The highest BCUT2D eigenvalue weighted by Crippen LogP contribution is 2.28. The Hall–Kier alpha value is -3.08. The summed E-state index contributed by atoms with van der Waals surface area (Å²) in [5.41, 5.74) is 3.36. The van der Waals surface area contributed by atoms with Gasteiger partial charge in [-0.1, -0.05) is 18.2 Å². The highest BCUT2D eigenvalue weighted by Gasteiger charge is 2.14. The third-order valence-corrected chi connectivity index (χ3v) is 3.42. The Bertz CT molecular complexity index is 851. The van der Waals surface area contributed by atoms with Crippen LogP contribution in [-0.4, -0.2) is 21.0 Å². The lowest BCUT2D eigenvalue weighted by Crippen LogP contribution is -1.98. The molecule has 23 heavy (non-hydrogen) atoms. The van der Waals surface area contributed by atoms with Crippen LogP contribution in [0.25, 0.3) is 11.1 Å². The lowest BCUT2D eigenvalue weighted by atomic mass is 10.1. The molecule has 0 aliphatic heterocycles. The summed E-state index contributed by atoms with van der Waals surface area (Å²) in [5.74, 6) is 0.204. The predicted octanol–water partition coefficient (Wildman–Crippen LogP) is 4.18. The number of aromatic nitrogens is 2. The van der Waals surface area contributed by atoms with Crippen molar-refractivity contribution in [2.24, 2.45) is 0 Å². The average Bonchev–Trinajstić information content (AvgIpc) is 2.90. The lowest BCUT2D eigenvalue weighted by Gasteiger charge is -2.06. The number of aromatic amines is 1. The molecular formula is C18H16N2O3. The summed E-state index contributed by atoms with van der Waals surface area (Å²) in [7, 11) is 0. The number of hydrogen-bond donors (Lipinski definition) is 2. The number of aryl methyl sites for hydroxylation is 2. The van der Waals surface area contributed by atoms with Crippen molar-refractivity contribution in [1.29, 1.82) is 0 Å². The largest absolute Gasteiger partial charge is 0.477 e. The summed E-state index contributed by atoms with van der Waals surface area (Å²) in [6, 6.07) is 14.7. The number of nitrogens with one attached hydrogen (secondary N) is 1. The molecule has 3 rings (SSSR count). The SMILES string of the molecule is Cc1cccc(Oc2ccc(-c3cc(C)[nH]c3C(=O)O)cc2)n1. The molecule has 0 fully saturated rings. The molecule has 3 aromatic rings. The van der Waals surface area contributed by atoms with E-state index >= 15 is 0 Å². The van der Waals surface area contributed by atoms with Crippen molar-refractivity contribution in [3.63, 3.8) is 0 Å². The zero-order chi connectivity index (χ0) is 16.4. The van der Waals surface area contributed by atoms with Crippen molar-refractivity contribution >= 4 is 5.97 Å². The maximum atomic E-state index is 11.3. The highest BCUT2D eigenvalue weighted by atomic mass is 16.5. The molecule has 0 unspecified atom stereocenters. The molecule has 116 valence electrons. The van der Waals surface area contributed by atoms with Gasteiger partial charge in [0.15, 0.2) is 0 Å².